The van der Waals surface area contributed by atoms with Gasteiger partial charge in [0.1, 0.15) is 0 Å². The van der Waals surface area contributed by atoms with Crippen LogP contribution >= 0.6 is 23.1 Å². The third-order valence-corrected chi connectivity index (χ3v) is 5.92. The van der Waals surface area contributed by atoms with E-state index in [1.54, 1.807) is 0 Å². The lowest BCUT2D eigenvalue weighted by atomic mass is 10.2. The highest BCUT2D eigenvalue weighted by molar-refractivity contribution is 8.00. The van der Waals surface area contributed by atoms with Crippen molar-refractivity contribution in [1.29, 1.82) is 0 Å². The van der Waals surface area contributed by atoms with Gasteiger partial charge in [0.25, 0.3) is 5.78 Å². The van der Waals surface area contributed by atoms with Crippen LogP contribution in [-0.2, 0) is 4.79 Å². The molecule has 1 aromatic carbocycles. The first kappa shape index (κ1) is 18.6. The quantitative estimate of drug-likeness (QED) is 0.501. The van der Waals surface area contributed by atoms with E-state index in [1.165, 1.54) is 23.1 Å². The molecule has 3 aromatic heterocycles. The molecule has 0 radical (unpaired) electrons. The van der Waals surface area contributed by atoms with Crippen LogP contribution in [0, 0.1) is 13.8 Å². The lowest BCUT2D eigenvalue weighted by Gasteiger charge is -2.10. The number of benzene rings is 1. The number of aryl methyl sites for hydroxylation is 2. The lowest BCUT2D eigenvalue weighted by molar-refractivity contribution is -0.115. The largest absolute Gasteiger partial charge is 0.301 e. The summed E-state index contributed by atoms with van der Waals surface area (Å²) in [5.41, 5.74) is 3.74. The number of thioether (sulfide) groups is 1. The minimum absolute atomic E-state index is 0.131. The monoisotopic (exact) mass is 410 g/mol. The van der Waals surface area contributed by atoms with Gasteiger partial charge in [-0.3, -0.25) is 9.20 Å². The number of rotatable bonds is 5. The van der Waals surface area contributed by atoms with Crippen LogP contribution in [0.25, 0.3) is 17.0 Å². The summed E-state index contributed by atoms with van der Waals surface area (Å²) in [6, 6.07) is 11.8. The Hall–Kier alpha value is -2.78. The number of thiazole rings is 1. The van der Waals surface area contributed by atoms with Crippen LogP contribution in [0.3, 0.4) is 0 Å². The van der Waals surface area contributed by atoms with Crippen molar-refractivity contribution in [2.75, 3.05) is 5.32 Å². The topological polar surface area (TPSA) is 85.1 Å². The normalized spacial score (nSPS) is 12.2. The fourth-order valence-electron chi connectivity index (χ4n) is 2.77. The third kappa shape index (κ3) is 3.76. The number of aromatic nitrogens is 5. The zero-order chi connectivity index (χ0) is 19.7. The standard InChI is InChI=1S/C19H18N6OS2/c1-11-9-12(2)25-17(20-11)23-24-19(25)28-13(3)16(26)22-18-21-15(10-27-18)14-7-5-4-6-8-14/h4-10,13H,1-3H3,(H,21,22,26)/t13-/m1/s1. The van der Waals surface area contributed by atoms with Crippen LogP contribution in [0.2, 0.25) is 0 Å². The van der Waals surface area contributed by atoms with Gasteiger partial charge in [0, 0.05) is 22.3 Å². The number of fused-ring (bicyclic) bond motifs is 1. The molecule has 4 aromatic rings. The molecule has 0 spiro atoms. The van der Waals surface area contributed by atoms with Gasteiger partial charge < -0.3 is 5.32 Å². The van der Waals surface area contributed by atoms with Crippen LogP contribution < -0.4 is 5.32 Å². The molecule has 0 saturated heterocycles. The Morgan fingerprint density at radius 3 is 2.75 bits per heavy atom. The summed E-state index contributed by atoms with van der Waals surface area (Å²) < 4.78 is 1.86. The molecule has 7 nitrogen and oxygen atoms in total. The van der Waals surface area contributed by atoms with Crippen molar-refractivity contribution >= 4 is 39.9 Å². The molecule has 4 rings (SSSR count). The number of amides is 1. The highest BCUT2D eigenvalue weighted by atomic mass is 32.2. The molecule has 1 amide bonds. The fourth-order valence-corrected chi connectivity index (χ4v) is 4.39. The van der Waals surface area contributed by atoms with E-state index in [4.69, 9.17) is 0 Å². The minimum atomic E-state index is -0.364. The van der Waals surface area contributed by atoms with E-state index in [0.29, 0.717) is 16.1 Å². The van der Waals surface area contributed by atoms with Crippen molar-refractivity contribution in [3.63, 3.8) is 0 Å². The maximum atomic E-state index is 12.6. The van der Waals surface area contributed by atoms with Gasteiger partial charge >= 0.3 is 0 Å². The molecule has 1 N–H and O–H groups in total. The number of carbonyl (C=O) groups is 1. The summed E-state index contributed by atoms with van der Waals surface area (Å²) in [6.07, 6.45) is 0. The summed E-state index contributed by atoms with van der Waals surface area (Å²) in [4.78, 5) is 21.5. The molecule has 0 aliphatic heterocycles. The number of nitrogens with zero attached hydrogens (tertiary/aromatic N) is 5. The Labute approximate surface area is 170 Å². The van der Waals surface area contributed by atoms with Gasteiger partial charge in [-0.1, -0.05) is 42.1 Å². The molecule has 0 aliphatic rings. The van der Waals surface area contributed by atoms with E-state index in [-0.39, 0.29) is 11.2 Å². The maximum Gasteiger partial charge on any atom is 0.256 e. The molecule has 1 atom stereocenters. The average Bonchev–Trinajstić information content (AvgIpc) is 3.29. The molecular weight excluding hydrogens is 392 g/mol. The molecule has 0 aliphatic carbocycles. The van der Waals surface area contributed by atoms with Gasteiger partial charge in [-0.25, -0.2) is 9.97 Å². The number of anilines is 1. The number of nitrogens with one attached hydrogen (secondary N) is 1. The summed E-state index contributed by atoms with van der Waals surface area (Å²) in [5, 5.41) is 14.0. The lowest BCUT2D eigenvalue weighted by Crippen LogP contribution is -2.22. The van der Waals surface area contributed by atoms with E-state index in [0.717, 1.165) is 22.6 Å². The zero-order valence-corrected chi connectivity index (χ0v) is 17.2. The molecule has 0 bridgehead atoms. The van der Waals surface area contributed by atoms with Crippen LogP contribution in [-0.4, -0.2) is 35.7 Å². The van der Waals surface area contributed by atoms with Crippen molar-refractivity contribution in [2.45, 2.75) is 31.2 Å². The van der Waals surface area contributed by atoms with Crippen molar-refractivity contribution in [3.8, 4) is 11.3 Å². The molecule has 142 valence electrons. The van der Waals surface area contributed by atoms with Crippen molar-refractivity contribution < 1.29 is 4.79 Å². The first-order valence-corrected chi connectivity index (χ1v) is 10.4. The van der Waals surface area contributed by atoms with E-state index in [2.05, 4.69) is 25.5 Å². The zero-order valence-electron chi connectivity index (χ0n) is 15.6. The number of hydrogen-bond acceptors (Lipinski definition) is 7. The summed E-state index contributed by atoms with van der Waals surface area (Å²) >= 11 is 2.75. The van der Waals surface area contributed by atoms with Crippen LogP contribution in [0.1, 0.15) is 18.3 Å². The van der Waals surface area contributed by atoms with Gasteiger partial charge in [0.15, 0.2) is 10.3 Å². The predicted molar refractivity (Wildman–Crippen MR) is 112 cm³/mol. The van der Waals surface area contributed by atoms with Gasteiger partial charge in [-0.2, -0.15) is 0 Å². The third-order valence-electron chi connectivity index (χ3n) is 4.12. The van der Waals surface area contributed by atoms with Crippen molar-refractivity contribution in [3.05, 3.63) is 53.2 Å². The van der Waals surface area contributed by atoms with Gasteiger partial charge in [0.05, 0.1) is 10.9 Å². The first-order chi connectivity index (χ1) is 13.5. The molecule has 28 heavy (non-hydrogen) atoms. The van der Waals surface area contributed by atoms with Gasteiger partial charge in [0.2, 0.25) is 5.91 Å². The Balaban J connectivity index is 1.47. The van der Waals surface area contributed by atoms with E-state index < -0.39 is 0 Å². The summed E-state index contributed by atoms with van der Waals surface area (Å²) in [5.74, 6) is 0.411. The molecule has 0 saturated carbocycles. The molecule has 9 heteroatoms. The number of hydrogen-bond donors (Lipinski definition) is 1. The first-order valence-electron chi connectivity index (χ1n) is 8.69. The van der Waals surface area contributed by atoms with Crippen LogP contribution in [0.4, 0.5) is 5.13 Å². The van der Waals surface area contributed by atoms with E-state index >= 15 is 0 Å². The van der Waals surface area contributed by atoms with Crippen LogP contribution in [0.5, 0.6) is 0 Å². The Morgan fingerprint density at radius 2 is 1.96 bits per heavy atom. The summed E-state index contributed by atoms with van der Waals surface area (Å²) in [6.45, 7) is 5.73. The van der Waals surface area contributed by atoms with Gasteiger partial charge in [-0.05, 0) is 26.8 Å². The SMILES string of the molecule is Cc1cc(C)n2c(S[C@H](C)C(=O)Nc3nc(-c4ccccc4)cs3)nnc2n1. The fraction of sp³-hybridized carbons (Fsp3) is 0.211. The van der Waals surface area contributed by atoms with Crippen LogP contribution in [0.15, 0.2) is 46.9 Å². The second kappa shape index (κ2) is 7.69. The molecule has 0 unspecified atom stereocenters. The second-order valence-corrected chi connectivity index (χ2v) is 8.48. The van der Waals surface area contributed by atoms with Crippen molar-refractivity contribution in [1.82, 2.24) is 24.6 Å². The highest BCUT2D eigenvalue weighted by Crippen LogP contribution is 2.27. The van der Waals surface area contributed by atoms with E-state index in [9.17, 15) is 4.79 Å². The molecular formula is C19H18N6OS2. The predicted octanol–water partition coefficient (Wildman–Crippen LogP) is 3.98. The second-order valence-electron chi connectivity index (χ2n) is 6.31. The van der Waals surface area contributed by atoms with Gasteiger partial charge in [-0.15, -0.1) is 21.5 Å². The summed E-state index contributed by atoms with van der Waals surface area (Å²) in [7, 11) is 0. The number of carbonyl (C=O) groups excluding carboxylic acids is 1. The Morgan fingerprint density at radius 1 is 1.18 bits per heavy atom. The Kier molecular flexibility index (Phi) is 5.10. The van der Waals surface area contributed by atoms with E-state index in [1.807, 2.05) is 67.0 Å². The smallest absolute Gasteiger partial charge is 0.256 e. The average molecular weight is 411 g/mol. The molecule has 3 heterocycles. The van der Waals surface area contributed by atoms with Crippen molar-refractivity contribution in [2.24, 2.45) is 0 Å². The minimum Gasteiger partial charge on any atom is -0.301 e. The maximum absolute atomic E-state index is 12.6. The highest BCUT2D eigenvalue weighted by Gasteiger charge is 2.20. The molecule has 0 fully saturated rings. The Bertz CT molecular complexity index is 1140.